The topological polar surface area (TPSA) is 52.0 Å². The summed E-state index contributed by atoms with van der Waals surface area (Å²) in [5.41, 5.74) is 14.2. The van der Waals surface area contributed by atoms with E-state index in [1.165, 1.54) is 11.1 Å². The molecular formula is C12H16N2. The number of nitrogen functional groups attached to an aromatic ring is 1. The van der Waals surface area contributed by atoms with Crippen LogP contribution in [0.1, 0.15) is 12.5 Å². The third kappa shape index (κ3) is 2.98. The molecule has 2 nitrogen and oxygen atoms in total. The van der Waals surface area contributed by atoms with Crippen LogP contribution in [0.25, 0.3) is 0 Å². The Balaban J connectivity index is 2.73. The van der Waals surface area contributed by atoms with E-state index in [4.69, 9.17) is 11.5 Å². The molecule has 0 unspecified atom stereocenters. The van der Waals surface area contributed by atoms with E-state index in [1.54, 1.807) is 6.20 Å². The highest BCUT2D eigenvalue weighted by molar-refractivity contribution is 5.40. The molecule has 0 aliphatic rings. The van der Waals surface area contributed by atoms with Gasteiger partial charge < -0.3 is 11.5 Å². The van der Waals surface area contributed by atoms with Gasteiger partial charge in [-0.3, -0.25) is 0 Å². The molecule has 1 aromatic carbocycles. The van der Waals surface area contributed by atoms with Gasteiger partial charge in [-0.25, -0.2) is 0 Å². The third-order valence-electron chi connectivity index (χ3n) is 2.07. The molecule has 0 spiro atoms. The second kappa shape index (κ2) is 5.12. The number of rotatable bonds is 3. The molecule has 2 heteroatoms. The van der Waals surface area contributed by atoms with E-state index < -0.39 is 0 Å². The standard InChI is InChI=1S/C12H16N2/c1-2-10(7-8-13)9-11-3-5-12(14)6-4-11/h2-8H,9,13-14H2,1H3/b8-7-,10-2+. The molecule has 0 bridgehead atoms. The van der Waals surface area contributed by atoms with Gasteiger partial charge in [0.05, 0.1) is 0 Å². The average molecular weight is 188 g/mol. The normalized spacial score (nSPS) is 12.2. The minimum atomic E-state index is 0.796. The van der Waals surface area contributed by atoms with E-state index in [1.807, 2.05) is 37.3 Å². The summed E-state index contributed by atoms with van der Waals surface area (Å²) in [5.74, 6) is 0. The van der Waals surface area contributed by atoms with Gasteiger partial charge in [-0.2, -0.15) is 0 Å². The molecule has 0 saturated carbocycles. The fourth-order valence-corrected chi connectivity index (χ4v) is 1.25. The van der Waals surface area contributed by atoms with Crippen molar-refractivity contribution >= 4 is 5.69 Å². The average Bonchev–Trinajstić information content (AvgIpc) is 2.20. The van der Waals surface area contributed by atoms with Crippen molar-refractivity contribution in [1.29, 1.82) is 0 Å². The molecule has 74 valence electrons. The Morgan fingerprint density at radius 2 is 1.93 bits per heavy atom. The lowest BCUT2D eigenvalue weighted by molar-refractivity contribution is 1.18. The molecule has 0 aliphatic carbocycles. The minimum absolute atomic E-state index is 0.796. The van der Waals surface area contributed by atoms with E-state index in [0.29, 0.717) is 0 Å². The van der Waals surface area contributed by atoms with Gasteiger partial charge in [-0.1, -0.05) is 18.2 Å². The van der Waals surface area contributed by atoms with Gasteiger partial charge in [0.25, 0.3) is 0 Å². The van der Waals surface area contributed by atoms with Crippen LogP contribution in [0.4, 0.5) is 5.69 Å². The van der Waals surface area contributed by atoms with Crippen molar-refractivity contribution in [3.05, 3.63) is 53.8 Å². The lowest BCUT2D eigenvalue weighted by Gasteiger charge is -2.02. The second-order valence-electron chi connectivity index (χ2n) is 3.14. The van der Waals surface area contributed by atoms with E-state index in [-0.39, 0.29) is 0 Å². The number of hydrogen-bond acceptors (Lipinski definition) is 2. The molecule has 14 heavy (non-hydrogen) atoms. The largest absolute Gasteiger partial charge is 0.405 e. The fraction of sp³-hybridized carbons (Fsp3) is 0.167. The van der Waals surface area contributed by atoms with E-state index >= 15 is 0 Å². The molecule has 4 N–H and O–H groups in total. The van der Waals surface area contributed by atoms with Crippen molar-refractivity contribution in [1.82, 2.24) is 0 Å². The molecule has 0 amide bonds. The van der Waals surface area contributed by atoms with E-state index in [0.717, 1.165) is 12.1 Å². The summed E-state index contributed by atoms with van der Waals surface area (Å²) in [4.78, 5) is 0. The quantitative estimate of drug-likeness (QED) is 0.564. The zero-order valence-electron chi connectivity index (χ0n) is 8.40. The Labute approximate surface area is 84.9 Å². The maximum Gasteiger partial charge on any atom is 0.0314 e. The molecule has 0 radical (unpaired) electrons. The summed E-state index contributed by atoms with van der Waals surface area (Å²) in [6.45, 7) is 2.01. The highest BCUT2D eigenvalue weighted by Gasteiger charge is 1.95. The molecule has 0 aromatic heterocycles. The summed E-state index contributed by atoms with van der Waals surface area (Å²) >= 11 is 0. The predicted molar refractivity (Wildman–Crippen MR) is 61.6 cm³/mol. The van der Waals surface area contributed by atoms with Crippen molar-refractivity contribution < 1.29 is 0 Å². The molecule has 0 aliphatic heterocycles. The van der Waals surface area contributed by atoms with Crippen LogP contribution >= 0.6 is 0 Å². The minimum Gasteiger partial charge on any atom is -0.405 e. The maximum absolute atomic E-state index is 5.60. The van der Waals surface area contributed by atoms with Crippen molar-refractivity contribution in [2.45, 2.75) is 13.3 Å². The van der Waals surface area contributed by atoms with Crippen molar-refractivity contribution in [2.75, 3.05) is 5.73 Å². The SMILES string of the molecule is C/C=C(\C=C/N)Cc1ccc(N)cc1. The second-order valence-corrected chi connectivity index (χ2v) is 3.14. The Morgan fingerprint density at radius 1 is 1.29 bits per heavy atom. The number of nitrogens with two attached hydrogens (primary N) is 2. The maximum atomic E-state index is 5.60. The van der Waals surface area contributed by atoms with Crippen LogP contribution in [0.3, 0.4) is 0 Å². The van der Waals surface area contributed by atoms with Crippen LogP contribution in [0.2, 0.25) is 0 Å². The number of benzene rings is 1. The van der Waals surface area contributed by atoms with Gasteiger partial charge in [0.2, 0.25) is 0 Å². The summed E-state index contributed by atoms with van der Waals surface area (Å²) < 4.78 is 0. The first-order chi connectivity index (χ1) is 6.76. The Hall–Kier alpha value is -1.70. The lowest BCUT2D eigenvalue weighted by atomic mass is 10.0. The molecule has 0 heterocycles. The summed E-state index contributed by atoms with van der Waals surface area (Å²) in [7, 11) is 0. The Bertz CT molecular complexity index is 334. The van der Waals surface area contributed by atoms with Crippen LogP contribution in [-0.2, 0) is 6.42 Å². The smallest absolute Gasteiger partial charge is 0.0314 e. The number of hydrogen-bond donors (Lipinski definition) is 2. The first-order valence-corrected chi connectivity index (χ1v) is 4.64. The van der Waals surface area contributed by atoms with Crippen LogP contribution in [0.15, 0.2) is 48.2 Å². The number of anilines is 1. The monoisotopic (exact) mass is 188 g/mol. The van der Waals surface area contributed by atoms with E-state index in [2.05, 4.69) is 6.08 Å². The molecule has 0 fully saturated rings. The predicted octanol–water partition coefficient (Wildman–Crippen LogP) is 2.23. The zero-order chi connectivity index (χ0) is 10.4. The van der Waals surface area contributed by atoms with Crippen LogP contribution in [-0.4, -0.2) is 0 Å². The van der Waals surface area contributed by atoms with E-state index in [9.17, 15) is 0 Å². The summed E-state index contributed by atoms with van der Waals surface area (Å²) in [6.07, 6.45) is 6.42. The number of allylic oxidation sites excluding steroid dienone is 3. The van der Waals surface area contributed by atoms with Crippen molar-refractivity contribution in [2.24, 2.45) is 5.73 Å². The molecular weight excluding hydrogens is 172 g/mol. The highest BCUT2D eigenvalue weighted by atomic mass is 14.5. The summed E-state index contributed by atoms with van der Waals surface area (Å²) in [5, 5.41) is 0. The van der Waals surface area contributed by atoms with Gasteiger partial charge in [0, 0.05) is 5.69 Å². The van der Waals surface area contributed by atoms with Gasteiger partial charge in [0.15, 0.2) is 0 Å². The Kier molecular flexibility index (Phi) is 3.80. The lowest BCUT2D eigenvalue weighted by Crippen LogP contribution is -1.90. The molecule has 1 aromatic rings. The molecule has 0 saturated heterocycles. The van der Waals surface area contributed by atoms with Crippen molar-refractivity contribution in [3.63, 3.8) is 0 Å². The first kappa shape index (κ1) is 10.4. The van der Waals surface area contributed by atoms with Gasteiger partial charge in [-0.15, -0.1) is 0 Å². The first-order valence-electron chi connectivity index (χ1n) is 4.64. The molecule has 0 atom stereocenters. The van der Waals surface area contributed by atoms with Gasteiger partial charge in [0.1, 0.15) is 0 Å². The van der Waals surface area contributed by atoms with Crippen LogP contribution in [0, 0.1) is 0 Å². The van der Waals surface area contributed by atoms with Crippen molar-refractivity contribution in [3.8, 4) is 0 Å². The third-order valence-corrected chi connectivity index (χ3v) is 2.07. The van der Waals surface area contributed by atoms with Gasteiger partial charge >= 0.3 is 0 Å². The Morgan fingerprint density at radius 3 is 2.43 bits per heavy atom. The van der Waals surface area contributed by atoms with Crippen LogP contribution < -0.4 is 11.5 Å². The highest BCUT2D eigenvalue weighted by Crippen LogP contribution is 2.11. The molecule has 1 rings (SSSR count). The van der Waals surface area contributed by atoms with Crippen LogP contribution in [0.5, 0.6) is 0 Å². The van der Waals surface area contributed by atoms with Gasteiger partial charge in [-0.05, 0) is 48.9 Å². The summed E-state index contributed by atoms with van der Waals surface area (Å²) in [6, 6.07) is 7.88. The zero-order valence-corrected chi connectivity index (χ0v) is 8.40. The fourth-order valence-electron chi connectivity index (χ4n) is 1.25.